The number of nitrogens with one attached hydrogen (secondary N) is 1. The molecule has 0 saturated heterocycles. The molecule has 1 atom stereocenters. The Morgan fingerprint density at radius 3 is 2.88 bits per heavy atom. The van der Waals surface area contributed by atoms with Gasteiger partial charge in [-0.2, -0.15) is 0 Å². The van der Waals surface area contributed by atoms with E-state index < -0.39 is 17.9 Å². The molecule has 2 N–H and O–H groups in total. The molecule has 1 rings (SSSR count). The summed E-state index contributed by atoms with van der Waals surface area (Å²) in [6.45, 7) is 0.0933. The summed E-state index contributed by atoms with van der Waals surface area (Å²) in [6.07, 6.45) is -1.01. The van der Waals surface area contributed by atoms with Crippen molar-refractivity contribution in [1.82, 2.24) is 0 Å². The summed E-state index contributed by atoms with van der Waals surface area (Å²) >= 11 is 0. The first-order valence-electron chi connectivity index (χ1n) is 4.86. The van der Waals surface area contributed by atoms with Crippen LogP contribution < -0.4 is 5.32 Å². The molecule has 0 fully saturated rings. The fraction of sp³-hybridized carbons (Fsp3) is 0.364. The Hall–Kier alpha value is -1.62. The van der Waals surface area contributed by atoms with Crippen molar-refractivity contribution in [1.29, 1.82) is 0 Å². The molecular weight excluding hydrogens is 213 g/mol. The summed E-state index contributed by atoms with van der Waals surface area (Å²) in [5.41, 5.74) is 0.298. The quantitative estimate of drug-likeness (QED) is 0.741. The predicted octanol–water partition coefficient (Wildman–Crippen LogP) is 1.16. The van der Waals surface area contributed by atoms with Gasteiger partial charge in [0.25, 0.3) is 0 Å². The number of ether oxygens (including phenoxy) is 1. The molecule has 4 nitrogen and oxygen atoms in total. The molecule has 0 aromatic heterocycles. The smallest absolute Gasteiger partial charge is 0.308 e. The van der Waals surface area contributed by atoms with E-state index in [1.165, 1.54) is 13.2 Å². The number of carbonyl (C=O) groups excluding carboxylic acids is 1. The van der Waals surface area contributed by atoms with Crippen LogP contribution >= 0.6 is 0 Å². The second kappa shape index (κ2) is 6.07. The van der Waals surface area contributed by atoms with Crippen LogP contribution in [0.5, 0.6) is 0 Å². The summed E-state index contributed by atoms with van der Waals surface area (Å²) < 4.78 is 17.5. The van der Waals surface area contributed by atoms with Crippen LogP contribution in [0.15, 0.2) is 24.3 Å². The molecule has 0 saturated carbocycles. The lowest BCUT2D eigenvalue weighted by atomic mass is 10.2. The molecule has 5 heteroatoms. The SMILES string of the molecule is COC(=O)CC(O)CNc1ccccc1F. The van der Waals surface area contributed by atoms with Crippen LogP contribution in [0.25, 0.3) is 0 Å². The number of halogens is 1. The summed E-state index contributed by atoms with van der Waals surface area (Å²) in [6, 6.07) is 6.12. The van der Waals surface area contributed by atoms with Gasteiger partial charge in [0.05, 0.1) is 25.3 Å². The number of benzene rings is 1. The molecule has 0 aliphatic heterocycles. The average molecular weight is 227 g/mol. The highest BCUT2D eigenvalue weighted by Gasteiger charge is 2.11. The molecule has 1 aromatic rings. The van der Waals surface area contributed by atoms with E-state index in [0.717, 1.165) is 0 Å². The van der Waals surface area contributed by atoms with Gasteiger partial charge in [0, 0.05) is 6.54 Å². The Morgan fingerprint density at radius 1 is 1.56 bits per heavy atom. The molecule has 0 amide bonds. The minimum atomic E-state index is -0.896. The van der Waals surface area contributed by atoms with E-state index in [9.17, 15) is 14.3 Å². The number of esters is 1. The zero-order chi connectivity index (χ0) is 12.0. The molecule has 0 radical (unpaired) electrons. The van der Waals surface area contributed by atoms with E-state index in [1.54, 1.807) is 18.2 Å². The van der Waals surface area contributed by atoms with Crippen molar-refractivity contribution >= 4 is 11.7 Å². The van der Waals surface area contributed by atoms with E-state index in [0.29, 0.717) is 5.69 Å². The molecule has 0 heterocycles. The van der Waals surface area contributed by atoms with E-state index in [4.69, 9.17) is 0 Å². The van der Waals surface area contributed by atoms with Gasteiger partial charge in [-0.05, 0) is 12.1 Å². The fourth-order valence-corrected chi connectivity index (χ4v) is 1.18. The van der Waals surface area contributed by atoms with Crippen LogP contribution in [0.1, 0.15) is 6.42 Å². The molecular formula is C11H14FNO3. The third kappa shape index (κ3) is 3.86. The third-order valence-electron chi connectivity index (χ3n) is 2.03. The van der Waals surface area contributed by atoms with E-state index >= 15 is 0 Å². The first kappa shape index (κ1) is 12.4. The van der Waals surface area contributed by atoms with Crippen LogP contribution in [-0.4, -0.2) is 30.8 Å². The van der Waals surface area contributed by atoms with Crippen LogP contribution in [0.4, 0.5) is 10.1 Å². The van der Waals surface area contributed by atoms with Gasteiger partial charge in [-0.3, -0.25) is 4.79 Å². The van der Waals surface area contributed by atoms with Crippen molar-refractivity contribution in [2.24, 2.45) is 0 Å². The van der Waals surface area contributed by atoms with Gasteiger partial charge in [-0.15, -0.1) is 0 Å². The van der Waals surface area contributed by atoms with Gasteiger partial charge >= 0.3 is 5.97 Å². The Labute approximate surface area is 93.0 Å². The Bertz CT molecular complexity index is 357. The fourth-order valence-electron chi connectivity index (χ4n) is 1.18. The number of carbonyl (C=O) groups is 1. The summed E-state index contributed by atoms with van der Waals surface area (Å²) in [7, 11) is 1.25. The lowest BCUT2D eigenvalue weighted by Crippen LogP contribution is -2.23. The van der Waals surface area contributed by atoms with Gasteiger partial charge in [-0.1, -0.05) is 12.1 Å². The topological polar surface area (TPSA) is 58.6 Å². The number of aliphatic hydroxyl groups excluding tert-OH is 1. The van der Waals surface area contributed by atoms with Crippen molar-refractivity contribution in [3.05, 3.63) is 30.1 Å². The van der Waals surface area contributed by atoms with Gasteiger partial charge in [0.1, 0.15) is 5.82 Å². The van der Waals surface area contributed by atoms with Crippen molar-refractivity contribution in [3.63, 3.8) is 0 Å². The van der Waals surface area contributed by atoms with Crippen LogP contribution in [0.2, 0.25) is 0 Å². The second-order valence-electron chi connectivity index (χ2n) is 3.29. The van der Waals surface area contributed by atoms with E-state index in [1.807, 2.05) is 0 Å². The first-order valence-corrected chi connectivity index (χ1v) is 4.86. The van der Waals surface area contributed by atoms with E-state index in [2.05, 4.69) is 10.1 Å². The zero-order valence-electron chi connectivity index (χ0n) is 8.94. The maximum atomic E-state index is 13.1. The van der Waals surface area contributed by atoms with Crippen LogP contribution in [-0.2, 0) is 9.53 Å². The number of aliphatic hydroxyl groups is 1. The number of para-hydroxylation sites is 1. The maximum absolute atomic E-state index is 13.1. The lowest BCUT2D eigenvalue weighted by molar-refractivity contribution is -0.142. The molecule has 88 valence electrons. The van der Waals surface area contributed by atoms with E-state index in [-0.39, 0.29) is 13.0 Å². The van der Waals surface area contributed by atoms with Gasteiger partial charge in [0.2, 0.25) is 0 Å². The number of hydrogen-bond acceptors (Lipinski definition) is 4. The molecule has 0 aliphatic rings. The van der Waals surface area contributed by atoms with Crippen LogP contribution in [0, 0.1) is 5.82 Å². The standard InChI is InChI=1S/C11H14FNO3/c1-16-11(15)6-8(14)7-13-10-5-3-2-4-9(10)12/h2-5,8,13-14H,6-7H2,1H3. The van der Waals surface area contributed by atoms with Crippen molar-refractivity contribution in [3.8, 4) is 0 Å². The van der Waals surface area contributed by atoms with Crippen LogP contribution in [0.3, 0.4) is 0 Å². The predicted molar refractivity (Wildman–Crippen MR) is 57.5 cm³/mol. The molecule has 1 aromatic carbocycles. The minimum absolute atomic E-state index is 0.0933. The summed E-state index contributed by atoms with van der Waals surface area (Å²) in [4.78, 5) is 10.8. The van der Waals surface area contributed by atoms with Gasteiger partial charge in [-0.25, -0.2) is 4.39 Å². The highest BCUT2D eigenvalue weighted by atomic mass is 19.1. The summed E-state index contributed by atoms with van der Waals surface area (Å²) in [5, 5.41) is 12.1. The van der Waals surface area contributed by atoms with Gasteiger partial charge in [0.15, 0.2) is 0 Å². The molecule has 0 spiro atoms. The summed E-state index contributed by atoms with van der Waals surface area (Å²) in [5.74, 6) is -0.893. The molecule has 0 bridgehead atoms. The number of anilines is 1. The molecule has 16 heavy (non-hydrogen) atoms. The minimum Gasteiger partial charge on any atom is -0.469 e. The maximum Gasteiger partial charge on any atom is 0.308 e. The molecule has 1 unspecified atom stereocenters. The van der Waals surface area contributed by atoms with Crippen molar-refractivity contribution in [2.45, 2.75) is 12.5 Å². The zero-order valence-corrected chi connectivity index (χ0v) is 8.94. The normalized spacial score (nSPS) is 11.9. The number of hydrogen-bond donors (Lipinski definition) is 2. The lowest BCUT2D eigenvalue weighted by Gasteiger charge is -2.11. The first-order chi connectivity index (χ1) is 7.63. The Balaban J connectivity index is 2.40. The highest BCUT2D eigenvalue weighted by Crippen LogP contribution is 2.12. The monoisotopic (exact) mass is 227 g/mol. The van der Waals surface area contributed by atoms with Crippen molar-refractivity contribution < 1.29 is 19.0 Å². The number of rotatable bonds is 5. The highest BCUT2D eigenvalue weighted by molar-refractivity contribution is 5.69. The largest absolute Gasteiger partial charge is 0.469 e. The molecule has 0 aliphatic carbocycles. The average Bonchev–Trinajstić information content (AvgIpc) is 2.28. The third-order valence-corrected chi connectivity index (χ3v) is 2.03. The Kier molecular flexibility index (Phi) is 4.72. The van der Waals surface area contributed by atoms with Crippen molar-refractivity contribution in [2.75, 3.05) is 19.0 Å². The number of methoxy groups -OCH3 is 1. The second-order valence-corrected chi connectivity index (χ2v) is 3.29. The Morgan fingerprint density at radius 2 is 2.25 bits per heavy atom. The van der Waals surface area contributed by atoms with Gasteiger partial charge < -0.3 is 15.2 Å².